The van der Waals surface area contributed by atoms with E-state index in [4.69, 9.17) is 4.74 Å². The number of sulfonamides is 1. The molecule has 3 N–H and O–H groups in total. The Balaban J connectivity index is 0.00000392. The number of guanidine groups is 1. The van der Waals surface area contributed by atoms with Gasteiger partial charge >= 0.3 is 0 Å². The molecule has 0 bridgehead atoms. The van der Waals surface area contributed by atoms with Gasteiger partial charge in [-0.15, -0.1) is 24.0 Å². The van der Waals surface area contributed by atoms with Crippen molar-refractivity contribution in [2.75, 3.05) is 27.3 Å². The first kappa shape index (κ1) is 25.1. The molecule has 0 saturated heterocycles. The number of nitrogens with zero attached hydrogens (tertiary/aromatic N) is 1. The summed E-state index contributed by atoms with van der Waals surface area (Å²) in [7, 11) is -0.242. The minimum absolute atomic E-state index is 0. The molecule has 0 heterocycles. The zero-order valence-electron chi connectivity index (χ0n) is 16.9. The summed E-state index contributed by atoms with van der Waals surface area (Å²) in [4.78, 5) is 4.55. The van der Waals surface area contributed by atoms with Crippen LogP contribution in [-0.2, 0) is 21.3 Å². The molecule has 2 atom stereocenters. The monoisotopic (exact) mass is 524 g/mol. The summed E-state index contributed by atoms with van der Waals surface area (Å²) in [5.74, 6) is 1.49. The van der Waals surface area contributed by atoms with Crippen LogP contribution in [0.15, 0.2) is 34.2 Å². The third-order valence-corrected chi connectivity index (χ3v) is 6.23. The predicted octanol–water partition coefficient (Wildman–Crippen LogP) is 2.47. The average molecular weight is 524 g/mol. The summed E-state index contributed by atoms with van der Waals surface area (Å²) < 4.78 is 32.1. The fourth-order valence-electron chi connectivity index (χ4n) is 3.32. The molecule has 1 aromatic rings. The maximum atomic E-state index is 12.3. The molecule has 28 heavy (non-hydrogen) atoms. The van der Waals surface area contributed by atoms with E-state index in [0.717, 1.165) is 30.3 Å². The molecule has 1 saturated carbocycles. The van der Waals surface area contributed by atoms with E-state index in [2.05, 4.69) is 27.3 Å². The van der Waals surface area contributed by atoms with Gasteiger partial charge in [-0.2, -0.15) is 0 Å². The first-order valence-corrected chi connectivity index (χ1v) is 11.0. The maximum Gasteiger partial charge on any atom is 0.240 e. The summed E-state index contributed by atoms with van der Waals surface area (Å²) >= 11 is 0. The summed E-state index contributed by atoms with van der Waals surface area (Å²) in [5.41, 5.74) is 0.879. The largest absolute Gasteiger partial charge is 0.383 e. The second kappa shape index (κ2) is 12.6. The van der Waals surface area contributed by atoms with Crippen molar-refractivity contribution in [1.82, 2.24) is 15.4 Å². The van der Waals surface area contributed by atoms with Crippen molar-refractivity contribution in [2.24, 2.45) is 10.9 Å². The zero-order valence-corrected chi connectivity index (χ0v) is 20.0. The van der Waals surface area contributed by atoms with E-state index < -0.39 is 10.0 Å². The molecule has 1 aliphatic carbocycles. The van der Waals surface area contributed by atoms with Crippen LogP contribution in [0.4, 0.5) is 0 Å². The number of hydrogen-bond acceptors (Lipinski definition) is 4. The lowest BCUT2D eigenvalue weighted by Crippen LogP contribution is -2.44. The first-order valence-electron chi connectivity index (χ1n) is 9.49. The fourth-order valence-corrected chi connectivity index (χ4v) is 4.41. The topological polar surface area (TPSA) is 91.8 Å². The van der Waals surface area contributed by atoms with E-state index in [1.807, 2.05) is 6.07 Å². The number of methoxy groups -OCH3 is 1. The van der Waals surface area contributed by atoms with E-state index in [0.29, 0.717) is 19.2 Å². The Morgan fingerprint density at radius 1 is 1.32 bits per heavy atom. The number of hydrogen-bond donors (Lipinski definition) is 3. The van der Waals surface area contributed by atoms with Gasteiger partial charge < -0.3 is 15.4 Å². The molecule has 9 heteroatoms. The summed E-state index contributed by atoms with van der Waals surface area (Å²) in [5, 5.41) is 6.76. The van der Waals surface area contributed by atoms with Crippen LogP contribution in [0.2, 0.25) is 0 Å². The van der Waals surface area contributed by atoms with Crippen molar-refractivity contribution >= 4 is 40.0 Å². The highest BCUT2D eigenvalue weighted by atomic mass is 127. The van der Waals surface area contributed by atoms with Gasteiger partial charge in [0, 0.05) is 33.3 Å². The van der Waals surface area contributed by atoms with Gasteiger partial charge in [-0.25, -0.2) is 13.1 Å². The minimum atomic E-state index is -3.53. The van der Waals surface area contributed by atoms with Crippen LogP contribution in [0.1, 0.15) is 38.2 Å². The number of nitrogens with one attached hydrogen (secondary N) is 3. The second-order valence-electron chi connectivity index (χ2n) is 7.08. The minimum Gasteiger partial charge on any atom is -0.383 e. The molecular weight excluding hydrogens is 491 g/mol. The summed E-state index contributed by atoms with van der Waals surface area (Å²) in [6.45, 7) is 3.37. The number of ether oxygens (including phenoxy) is 1. The number of aliphatic imine (C=N–C) groups is 1. The summed E-state index contributed by atoms with van der Waals surface area (Å²) in [6.07, 6.45) is 4.85. The SMILES string of the molecule is CN=C(NCc1cccc(S(=O)(=O)NCCOC)c1)NC1CCCC(C)C1.I. The quantitative estimate of drug-likeness (QED) is 0.210. The lowest BCUT2D eigenvalue weighted by atomic mass is 9.87. The highest BCUT2D eigenvalue weighted by Crippen LogP contribution is 2.23. The van der Waals surface area contributed by atoms with Gasteiger partial charge in [0.15, 0.2) is 5.96 Å². The molecule has 1 aromatic carbocycles. The Hall–Kier alpha value is -0.910. The third-order valence-electron chi connectivity index (χ3n) is 4.77. The first-order chi connectivity index (χ1) is 12.9. The molecule has 0 radical (unpaired) electrons. The number of halogens is 1. The molecule has 0 amide bonds. The molecule has 0 spiro atoms. The molecule has 160 valence electrons. The van der Waals surface area contributed by atoms with Gasteiger partial charge in [0.25, 0.3) is 0 Å². The van der Waals surface area contributed by atoms with Crippen LogP contribution < -0.4 is 15.4 Å². The van der Waals surface area contributed by atoms with E-state index in [1.54, 1.807) is 25.2 Å². The van der Waals surface area contributed by atoms with Gasteiger partial charge in [0.1, 0.15) is 0 Å². The maximum absolute atomic E-state index is 12.3. The molecular formula is C19H33IN4O3S. The zero-order chi connectivity index (χ0) is 19.7. The second-order valence-corrected chi connectivity index (χ2v) is 8.84. The van der Waals surface area contributed by atoms with E-state index >= 15 is 0 Å². The highest BCUT2D eigenvalue weighted by molar-refractivity contribution is 14.0. The number of benzene rings is 1. The van der Waals surface area contributed by atoms with Crippen molar-refractivity contribution in [1.29, 1.82) is 0 Å². The average Bonchev–Trinajstić information content (AvgIpc) is 2.65. The van der Waals surface area contributed by atoms with Crippen molar-refractivity contribution < 1.29 is 13.2 Å². The normalized spacial score (nSPS) is 20.3. The third kappa shape index (κ3) is 8.22. The Bertz CT molecular complexity index is 728. The van der Waals surface area contributed by atoms with E-state index in [-0.39, 0.29) is 35.4 Å². The molecule has 7 nitrogen and oxygen atoms in total. The Kier molecular flexibility index (Phi) is 11.3. The van der Waals surface area contributed by atoms with E-state index in [1.165, 1.54) is 20.0 Å². The van der Waals surface area contributed by atoms with Crippen molar-refractivity contribution in [3.8, 4) is 0 Å². The number of rotatable bonds is 8. The molecule has 1 fully saturated rings. The van der Waals surface area contributed by atoms with E-state index in [9.17, 15) is 8.42 Å². The van der Waals surface area contributed by atoms with Crippen molar-refractivity contribution in [3.63, 3.8) is 0 Å². The van der Waals surface area contributed by atoms with Crippen LogP contribution in [0.25, 0.3) is 0 Å². The van der Waals surface area contributed by atoms with Crippen LogP contribution in [0.5, 0.6) is 0 Å². The highest BCUT2D eigenvalue weighted by Gasteiger charge is 2.19. The van der Waals surface area contributed by atoms with Crippen LogP contribution >= 0.6 is 24.0 Å². The van der Waals surface area contributed by atoms with Crippen molar-refractivity contribution in [2.45, 2.75) is 50.1 Å². The van der Waals surface area contributed by atoms with Crippen LogP contribution in [0, 0.1) is 5.92 Å². The van der Waals surface area contributed by atoms with Gasteiger partial charge in [-0.3, -0.25) is 4.99 Å². The lowest BCUT2D eigenvalue weighted by molar-refractivity contribution is 0.204. The van der Waals surface area contributed by atoms with Gasteiger partial charge in [0.2, 0.25) is 10.0 Å². The standard InChI is InChI=1S/C19H32N4O3S.HI/c1-15-6-4-8-17(12-15)23-19(20-2)21-14-16-7-5-9-18(13-16)27(24,25)22-10-11-26-3;/h5,7,9,13,15,17,22H,4,6,8,10-12,14H2,1-3H3,(H2,20,21,23);1H. The Morgan fingerprint density at radius 2 is 2.11 bits per heavy atom. The van der Waals surface area contributed by atoms with Crippen molar-refractivity contribution in [3.05, 3.63) is 29.8 Å². The smallest absolute Gasteiger partial charge is 0.240 e. The molecule has 2 rings (SSSR count). The van der Waals surface area contributed by atoms with Crippen LogP contribution in [0.3, 0.4) is 0 Å². The lowest BCUT2D eigenvalue weighted by Gasteiger charge is -2.28. The molecule has 0 aliphatic heterocycles. The molecule has 0 aromatic heterocycles. The Labute approximate surface area is 186 Å². The molecule has 1 aliphatic rings. The fraction of sp³-hybridized carbons (Fsp3) is 0.632. The van der Waals surface area contributed by atoms with Gasteiger partial charge in [0.05, 0.1) is 11.5 Å². The van der Waals surface area contributed by atoms with Gasteiger partial charge in [-0.1, -0.05) is 31.9 Å². The molecule has 2 unspecified atom stereocenters. The van der Waals surface area contributed by atoms with Crippen LogP contribution in [-0.4, -0.2) is 47.7 Å². The summed E-state index contributed by atoms with van der Waals surface area (Å²) in [6, 6.07) is 7.36. The predicted molar refractivity (Wildman–Crippen MR) is 124 cm³/mol. The van der Waals surface area contributed by atoms with Gasteiger partial charge in [-0.05, 0) is 36.5 Å². The Morgan fingerprint density at radius 3 is 2.79 bits per heavy atom.